The minimum absolute atomic E-state index is 0.181. The maximum Gasteiger partial charge on any atom is 0.329 e. The van der Waals surface area contributed by atoms with Crippen LogP contribution in [0.5, 0.6) is 11.5 Å². The molecule has 8 heteroatoms. The maximum absolute atomic E-state index is 13.0. The largest absolute Gasteiger partial charge is 0.456 e. The molecule has 0 aliphatic carbocycles. The molecule has 1 aromatic heterocycles. The van der Waals surface area contributed by atoms with Crippen LogP contribution < -0.4 is 14.8 Å². The first-order valence-electron chi connectivity index (χ1n) is 11.8. The maximum atomic E-state index is 13.0. The Morgan fingerprint density at radius 3 is 2.36 bits per heavy atom. The number of rotatable bonds is 8. The molecule has 0 saturated heterocycles. The van der Waals surface area contributed by atoms with Crippen molar-refractivity contribution < 1.29 is 28.6 Å². The lowest BCUT2D eigenvalue weighted by molar-refractivity contribution is -0.145. The van der Waals surface area contributed by atoms with Gasteiger partial charge in [0.2, 0.25) is 12.6 Å². The van der Waals surface area contributed by atoms with Crippen LogP contribution in [0.15, 0.2) is 48.5 Å². The second-order valence-electron chi connectivity index (χ2n) is 9.25. The van der Waals surface area contributed by atoms with Gasteiger partial charge >= 0.3 is 5.97 Å². The quantitative estimate of drug-likeness (QED) is 0.373. The molecule has 4 rings (SSSR count). The van der Waals surface area contributed by atoms with E-state index in [4.69, 9.17) is 14.2 Å². The monoisotopic (exact) mass is 490 g/mol. The number of hydrogen-bond acceptors (Lipinski definition) is 6. The summed E-state index contributed by atoms with van der Waals surface area (Å²) in [5, 5.41) is 2.73. The molecule has 0 bridgehead atoms. The van der Waals surface area contributed by atoms with Crippen molar-refractivity contribution in [2.75, 3.05) is 13.4 Å². The number of hydrogen-bond donors (Lipinski definition) is 1. The molecule has 0 unspecified atom stereocenters. The summed E-state index contributed by atoms with van der Waals surface area (Å²) in [5.41, 5.74) is 4.35. The van der Waals surface area contributed by atoms with Crippen LogP contribution in [-0.4, -0.2) is 41.7 Å². The number of carbonyl (C=O) groups is 3. The molecule has 2 heterocycles. The normalized spacial score (nSPS) is 12.9. The number of fused-ring (bicyclic) bond motifs is 1. The minimum atomic E-state index is -0.882. The number of nitrogens with zero attached hydrogens (tertiary/aromatic N) is 1. The Balaban J connectivity index is 1.44. The van der Waals surface area contributed by atoms with E-state index < -0.39 is 18.6 Å². The first-order chi connectivity index (χ1) is 17.2. The van der Waals surface area contributed by atoms with Gasteiger partial charge in [0.05, 0.1) is 0 Å². The highest BCUT2D eigenvalue weighted by Gasteiger charge is 2.28. The van der Waals surface area contributed by atoms with Crippen molar-refractivity contribution in [3.8, 4) is 17.2 Å². The van der Waals surface area contributed by atoms with Crippen LogP contribution in [0.3, 0.4) is 0 Å². The third-order valence-corrected chi connectivity index (χ3v) is 6.21. The predicted octanol–water partition coefficient (Wildman–Crippen LogP) is 4.31. The average molecular weight is 491 g/mol. The lowest BCUT2D eigenvalue weighted by atomic mass is 10.0. The molecular weight excluding hydrogens is 460 g/mol. The van der Waals surface area contributed by atoms with Crippen molar-refractivity contribution in [3.05, 3.63) is 76.6 Å². The van der Waals surface area contributed by atoms with Crippen LogP contribution in [0.25, 0.3) is 5.69 Å². The summed E-state index contributed by atoms with van der Waals surface area (Å²) in [6.07, 6.45) is 0. The van der Waals surface area contributed by atoms with Gasteiger partial charge in [-0.1, -0.05) is 31.5 Å². The summed E-state index contributed by atoms with van der Waals surface area (Å²) in [5.74, 6) is -0.241. The third-order valence-electron chi connectivity index (χ3n) is 6.21. The number of esters is 1. The molecule has 0 radical (unpaired) electrons. The summed E-state index contributed by atoms with van der Waals surface area (Å²) in [6.45, 7) is 9.04. The molecular formula is C28H30N2O6. The van der Waals surface area contributed by atoms with Gasteiger partial charge in [-0.25, -0.2) is 4.79 Å². The first-order valence-corrected chi connectivity index (χ1v) is 11.8. The van der Waals surface area contributed by atoms with Crippen molar-refractivity contribution in [2.45, 2.75) is 40.7 Å². The van der Waals surface area contributed by atoms with Crippen LogP contribution in [0.4, 0.5) is 0 Å². The van der Waals surface area contributed by atoms with Gasteiger partial charge in [0.25, 0.3) is 5.91 Å². The Morgan fingerprint density at radius 2 is 1.67 bits per heavy atom. The van der Waals surface area contributed by atoms with Crippen molar-refractivity contribution in [1.29, 1.82) is 0 Å². The molecule has 1 aliphatic rings. The number of ether oxygens (including phenoxy) is 3. The molecule has 1 N–H and O–H groups in total. The highest BCUT2D eigenvalue weighted by molar-refractivity contribution is 6.00. The van der Waals surface area contributed by atoms with Crippen molar-refractivity contribution >= 4 is 17.7 Å². The van der Waals surface area contributed by atoms with Gasteiger partial charge < -0.3 is 24.1 Å². The van der Waals surface area contributed by atoms with E-state index in [1.54, 1.807) is 18.2 Å². The molecule has 8 nitrogen and oxygen atoms in total. The fourth-order valence-electron chi connectivity index (χ4n) is 4.20. The second kappa shape index (κ2) is 10.3. The van der Waals surface area contributed by atoms with Gasteiger partial charge in [0.1, 0.15) is 6.04 Å². The van der Waals surface area contributed by atoms with Gasteiger partial charge in [-0.15, -0.1) is 0 Å². The third kappa shape index (κ3) is 5.12. The van der Waals surface area contributed by atoms with Crippen LogP contribution in [0, 0.1) is 26.7 Å². The molecule has 1 amide bonds. The Hall–Kier alpha value is -4.07. The zero-order valence-electron chi connectivity index (χ0n) is 21.1. The van der Waals surface area contributed by atoms with Crippen LogP contribution in [0.2, 0.25) is 0 Å². The van der Waals surface area contributed by atoms with E-state index in [1.807, 2.05) is 69.5 Å². The zero-order chi connectivity index (χ0) is 26.0. The number of amides is 1. The Labute approximate surface area is 210 Å². The molecule has 1 aliphatic heterocycles. The number of nitrogens with one attached hydrogen (secondary N) is 1. The number of aryl methyl sites for hydroxylation is 2. The van der Waals surface area contributed by atoms with Crippen molar-refractivity contribution in [2.24, 2.45) is 5.92 Å². The van der Waals surface area contributed by atoms with Crippen molar-refractivity contribution in [3.63, 3.8) is 0 Å². The number of aromatic nitrogens is 1. The zero-order valence-corrected chi connectivity index (χ0v) is 21.1. The van der Waals surface area contributed by atoms with Gasteiger partial charge in [0, 0.05) is 34.3 Å². The first kappa shape index (κ1) is 25.0. The summed E-state index contributed by atoms with van der Waals surface area (Å²) in [4.78, 5) is 38.4. The Kier molecular flexibility index (Phi) is 7.15. The number of benzene rings is 2. The van der Waals surface area contributed by atoms with Gasteiger partial charge in [-0.05, 0) is 57.0 Å². The summed E-state index contributed by atoms with van der Waals surface area (Å²) < 4.78 is 18.1. The molecule has 36 heavy (non-hydrogen) atoms. The molecule has 3 aromatic rings. The lowest BCUT2D eigenvalue weighted by Gasteiger charge is -2.20. The molecule has 188 valence electrons. The summed E-state index contributed by atoms with van der Waals surface area (Å²) in [7, 11) is 0. The summed E-state index contributed by atoms with van der Waals surface area (Å²) in [6, 6.07) is 13.5. The fourth-order valence-corrected chi connectivity index (χ4v) is 4.20. The van der Waals surface area contributed by atoms with E-state index in [1.165, 1.54) is 0 Å². The van der Waals surface area contributed by atoms with E-state index in [0.29, 0.717) is 22.6 Å². The average Bonchev–Trinajstić information content (AvgIpc) is 3.43. The van der Waals surface area contributed by atoms with E-state index >= 15 is 0 Å². The van der Waals surface area contributed by atoms with E-state index in [2.05, 4.69) is 5.32 Å². The standard InChI is InChI=1S/C28H30N2O6/c1-16(2)26(29-27(32)20-8-6-17(3)7-9-20)28(33)34-14-23(31)22-12-18(4)30(19(22)5)21-10-11-24-25(13-21)36-15-35-24/h6-13,16,26H,14-15H2,1-5H3,(H,29,32)/t26-/m0/s1. The van der Waals surface area contributed by atoms with E-state index in [9.17, 15) is 14.4 Å². The van der Waals surface area contributed by atoms with E-state index in [0.717, 1.165) is 22.6 Å². The van der Waals surface area contributed by atoms with Gasteiger partial charge in [-0.3, -0.25) is 9.59 Å². The SMILES string of the molecule is Cc1ccc(C(=O)N[C@H](C(=O)OCC(=O)c2cc(C)n(-c3ccc4c(c3)OCO4)c2C)C(C)C)cc1. The number of ketones is 1. The van der Waals surface area contributed by atoms with Crippen LogP contribution in [-0.2, 0) is 9.53 Å². The topological polar surface area (TPSA) is 95.9 Å². The molecule has 0 saturated carbocycles. The second-order valence-corrected chi connectivity index (χ2v) is 9.25. The number of Topliss-reactive ketones (excluding diaryl/α,β-unsaturated/α-hetero) is 1. The van der Waals surface area contributed by atoms with Crippen LogP contribution in [0.1, 0.15) is 51.5 Å². The Bertz CT molecular complexity index is 1310. The smallest absolute Gasteiger partial charge is 0.329 e. The van der Waals surface area contributed by atoms with Crippen LogP contribution >= 0.6 is 0 Å². The lowest BCUT2D eigenvalue weighted by Crippen LogP contribution is -2.45. The number of carbonyl (C=O) groups excluding carboxylic acids is 3. The molecule has 0 spiro atoms. The van der Waals surface area contributed by atoms with Gasteiger partial charge in [0.15, 0.2) is 18.1 Å². The molecule has 2 aromatic carbocycles. The molecule has 0 fully saturated rings. The minimum Gasteiger partial charge on any atom is -0.456 e. The van der Waals surface area contributed by atoms with E-state index in [-0.39, 0.29) is 24.4 Å². The molecule has 1 atom stereocenters. The highest BCUT2D eigenvalue weighted by Crippen LogP contribution is 2.35. The predicted molar refractivity (Wildman–Crippen MR) is 134 cm³/mol. The summed E-state index contributed by atoms with van der Waals surface area (Å²) >= 11 is 0. The fraction of sp³-hybridized carbons (Fsp3) is 0.321. The van der Waals surface area contributed by atoms with Gasteiger partial charge in [-0.2, -0.15) is 0 Å². The Morgan fingerprint density at radius 1 is 0.972 bits per heavy atom. The highest BCUT2D eigenvalue weighted by atomic mass is 16.7. The van der Waals surface area contributed by atoms with Crippen molar-refractivity contribution in [1.82, 2.24) is 9.88 Å².